The third-order valence-corrected chi connectivity index (χ3v) is 17.8. The molecule has 0 aromatic heterocycles. The summed E-state index contributed by atoms with van der Waals surface area (Å²) in [4.78, 5) is 98.9. The van der Waals surface area contributed by atoms with Gasteiger partial charge in [0, 0.05) is 44.9 Å². The zero-order valence-electron chi connectivity index (χ0n) is 59.7. The predicted molar refractivity (Wildman–Crippen MR) is 362 cm³/mol. The van der Waals surface area contributed by atoms with E-state index in [0.29, 0.717) is 44.9 Å². The second-order valence-electron chi connectivity index (χ2n) is 26.5. The van der Waals surface area contributed by atoms with Gasteiger partial charge < -0.3 is 52.5 Å². The Morgan fingerprint density at radius 3 is 0.785 bits per heavy atom. The summed E-state index contributed by atoms with van der Waals surface area (Å²) in [5.41, 5.74) is 0. The van der Waals surface area contributed by atoms with Gasteiger partial charge in [-0.25, -0.2) is 0 Å². The van der Waals surface area contributed by atoms with Gasteiger partial charge in [0.2, 0.25) is 0 Å². The summed E-state index contributed by atoms with van der Waals surface area (Å²) in [7, 11) is 0. The van der Waals surface area contributed by atoms with E-state index in [-0.39, 0.29) is 44.9 Å². The Morgan fingerprint density at radius 2 is 0.484 bits per heavy atom. The van der Waals surface area contributed by atoms with Crippen LogP contribution in [0.25, 0.3) is 0 Å². The Balaban J connectivity index is 2.97. The average Bonchev–Trinajstić information content (AvgIpc) is 0.786. The van der Waals surface area contributed by atoms with Crippen molar-refractivity contribution >= 4 is 41.8 Å². The van der Waals surface area contributed by atoms with E-state index >= 15 is 0 Å². The number of carbonyl (C=O) groups excluding carboxylic acids is 7. The quantitative estimate of drug-likeness (QED) is 0.0339. The molecule has 0 unspecified atom stereocenters. The van der Waals surface area contributed by atoms with Crippen LogP contribution in [0.2, 0.25) is 0 Å². The van der Waals surface area contributed by atoms with Gasteiger partial charge in [0.05, 0.1) is 0 Å². The SMILES string of the molecule is CCCCCCCCC(=O)OC[C@H]1O[C@@H](O)[C@H](OC(=O)CCCCCCCC)[C@@H](OC(=O)CCCCCCCC)[C@@H]1O[C@@H]1O[C@H](COC(=O)CCCCCCCC)[C@@H](OC(=O)CCCCCCCC)[C@H](OC(=O)CCCCCCCC)[C@H]1OC(=O)CCCCCCCC. The van der Waals surface area contributed by atoms with E-state index in [9.17, 15) is 38.7 Å². The molecule has 0 aromatic rings. The molecule has 0 bridgehead atoms. The molecule has 2 aliphatic rings. The normalized spacial score (nSPS) is 21.2. The summed E-state index contributed by atoms with van der Waals surface area (Å²) in [5.74, 6) is -4.43. The molecule has 0 aliphatic carbocycles. The molecule has 2 aliphatic heterocycles. The van der Waals surface area contributed by atoms with E-state index in [4.69, 9.17) is 47.4 Å². The Kier molecular flexibility index (Phi) is 52.4. The van der Waals surface area contributed by atoms with Crippen LogP contribution < -0.4 is 0 Å². The van der Waals surface area contributed by atoms with Crippen molar-refractivity contribution in [3.63, 3.8) is 0 Å². The fourth-order valence-electron chi connectivity index (χ4n) is 12.0. The first-order valence-electron chi connectivity index (χ1n) is 38.2. The lowest BCUT2D eigenvalue weighted by Crippen LogP contribution is -2.67. The van der Waals surface area contributed by atoms with Crippen LogP contribution in [0.3, 0.4) is 0 Å². The van der Waals surface area contributed by atoms with E-state index in [1.54, 1.807) is 0 Å². The van der Waals surface area contributed by atoms with Crippen molar-refractivity contribution in [1.82, 2.24) is 0 Å². The molecule has 1 N–H and O–H groups in total. The first kappa shape index (κ1) is 85.2. The lowest BCUT2D eigenvalue weighted by molar-refractivity contribution is -0.357. The third-order valence-electron chi connectivity index (χ3n) is 17.8. The Morgan fingerprint density at radius 1 is 0.258 bits per heavy atom. The topological polar surface area (TPSA) is 232 Å². The van der Waals surface area contributed by atoms with Crippen molar-refractivity contribution in [3.8, 4) is 0 Å². The largest absolute Gasteiger partial charge is 0.463 e. The second kappa shape index (κ2) is 57.2. The minimum Gasteiger partial charge on any atom is -0.463 e. The van der Waals surface area contributed by atoms with Crippen LogP contribution >= 0.6 is 0 Å². The number of ether oxygens (including phenoxy) is 10. The molecule has 2 fully saturated rings. The number of carbonyl (C=O) groups is 7. The predicted octanol–water partition coefficient (Wildman–Crippen LogP) is 17.7. The van der Waals surface area contributed by atoms with Crippen LogP contribution in [0, 0.1) is 0 Å². The molecule has 18 heteroatoms. The summed E-state index contributed by atoms with van der Waals surface area (Å²) in [5, 5.41) is 12.0. The van der Waals surface area contributed by atoms with Gasteiger partial charge >= 0.3 is 41.8 Å². The maximum Gasteiger partial charge on any atom is 0.306 e. The highest BCUT2D eigenvalue weighted by Gasteiger charge is 2.58. The average molecular weight is 1320 g/mol. The van der Waals surface area contributed by atoms with Gasteiger partial charge in [0.1, 0.15) is 31.5 Å². The Bertz CT molecular complexity index is 1910. The van der Waals surface area contributed by atoms with Crippen LogP contribution in [0.5, 0.6) is 0 Å². The molecule has 2 rings (SSSR count). The van der Waals surface area contributed by atoms with E-state index < -0.39 is 116 Å². The maximum atomic E-state index is 14.5. The van der Waals surface area contributed by atoms with Crippen molar-refractivity contribution in [1.29, 1.82) is 0 Å². The standard InChI is InChI=1S/C75H134O18/c1-8-15-22-29-36-43-50-61(76)84-57-59-69(70(89-64(79)53-46-39-32-25-18-11-4)72(74(83)86-59)91-66(81)55-48-41-34-27-20-13-6)93-75-73(92-67(82)56-49-42-35-28-21-14-7)71(90-65(80)54-47-40-33-26-19-12-5)68(88-63(78)52-45-38-31-24-17-10-3)60(87-75)58-85-62(77)51-44-37-30-23-16-9-2/h59-60,68-75,83H,8-58H2,1-7H3/t59-,60-,68-,69-,70+,71+,72-,73-,74-,75+/m1/s1. The van der Waals surface area contributed by atoms with Crippen molar-refractivity contribution < 1.29 is 86.0 Å². The lowest BCUT2D eigenvalue weighted by atomic mass is 9.95. The van der Waals surface area contributed by atoms with Gasteiger partial charge in [-0.1, -0.05) is 273 Å². The number of aliphatic hydroxyl groups is 1. The number of rotatable bonds is 60. The van der Waals surface area contributed by atoms with Crippen LogP contribution in [-0.2, 0) is 80.9 Å². The molecule has 2 saturated heterocycles. The third kappa shape index (κ3) is 41.1. The molecule has 10 atom stereocenters. The highest BCUT2D eigenvalue weighted by atomic mass is 16.8. The van der Waals surface area contributed by atoms with Crippen LogP contribution in [0.1, 0.15) is 363 Å². The fraction of sp³-hybridized carbons (Fsp3) is 0.907. The molecule has 18 nitrogen and oxygen atoms in total. The summed E-state index contributed by atoms with van der Waals surface area (Å²) in [6.07, 6.45) is 21.3. The van der Waals surface area contributed by atoms with Crippen LogP contribution in [-0.4, -0.2) is 122 Å². The number of hydrogen-bond donors (Lipinski definition) is 1. The molecule has 2 heterocycles. The summed E-state index contributed by atoms with van der Waals surface area (Å²) >= 11 is 0. The highest BCUT2D eigenvalue weighted by molar-refractivity contribution is 5.73. The summed E-state index contributed by atoms with van der Waals surface area (Å²) in [6, 6.07) is 0. The first-order valence-corrected chi connectivity index (χ1v) is 38.2. The monoisotopic (exact) mass is 1320 g/mol. The minimum atomic E-state index is -1.92. The second-order valence-corrected chi connectivity index (χ2v) is 26.5. The molecule has 542 valence electrons. The molecule has 0 radical (unpaired) electrons. The van der Waals surface area contributed by atoms with Gasteiger partial charge in [-0.2, -0.15) is 0 Å². The zero-order valence-corrected chi connectivity index (χ0v) is 59.7. The summed E-state index contributed by atoms with van der Waals surface area (Å²) < 4.78 is 63.9. The molecular weight excluding hydrogens is 1190 g/mol. The molecular formula is C75H134O18. The number of esters is 7. The fourth-order valence-corrected chi connectivity index (χ4v) is 12.0. The number of hydrogen-bond acceptors (Lipinski definition) is 18. The first-order chi connectivity index (χ1) is 45.3. The van der Waals surface area contributed by atoms with Gasteiger partial charge in [-0.05, 0) is 44.9 Å². The summed E-state index contributed by atoms with van der Waals surface area (Å²) in [6.45, 7) is 13.9. The van der Waals surface area contributed by atoms with Gasteiger partial charge in [0.15, 0.2) is 43.1 Å². The molecule has 0 amide bonds. The van der Waals surface area contributed by atoms with Crippen LogP contribution in [0.15, 0.2) is 0 Å². The van der Waals surface area contributed by atoms with Gasteiger partial charge in [0.25, 0.3) is 0 Å². The molecule has 0 saturated carbocycles. The van der Waals surface area contributed by atoms with E-state index in [2.05, 4.69) is 48.5 Å². The van der Waals surface area contributed by atoms with Crippen molar-refractivity contribution in [3.05, 3.63) is 0 Å². The van der Waals surface area contributed by atoms with Crippen LogP contribution in [0.4, 0.5) is 0 Å². The minimum absolute atomic E-state index is 0.00877. The Labute approximate surface area is 563 Å². The highest BCUT2D eigenvalue weighted by Crippen LogP contribution is 2.36. The van der Waals surface area contributed by atoms with Crippen molar-refractivity contribution in [2.75, 3.05) is 13.2 Å². The number of unbranched alkanes of at least 4 members (excludes halogenated alkanes) is 35. The molecule has 0 aromatic carbocycles. The van der Waals surface area contributed by atoms with E-state index in [1.807, 2.05) is 0 Å². The molecule has 0 spiro atoms. The van der Waals surface area contributed by atoms with Gasteiger partial charge in [-0.3, -0.25) is 33.6 Å². The molecule has 93 heavy (non-hydrogen) atoms. The lowest BCUT2D eigenvalue weighted by Gasteiger charge is -2.48. The van der Waals surface area contributed by atoms with Crippen molar-refractivity contribution in [2.24, 2.45) is 0 Å². The zero-order chi connectivity index (χ0) is 67.9. The van der Waals surface area contributed by atoms with E-state index in [0.717, 1.165) is 225 Å². The maximum absolute atomic E-state index is 14.5. The van der Waals surface area contributed by atoms with E-state index in [1.165, 1.54) is 0 Å². The smallest absolute Gasteiger partial charge is 0.306 e. The number of aliphatic hydroxyl groups excluding tert-OH is 1. The Hall–Kier alpha value is -3.87. The van der Waals surface area contributed by atoms with Gasteiger partial charge in [-0.15, -0.1) is 0 Å². The van der Waals surface area contributed by atoms with Crippen molar-refractivity contribution in [2.45, 2.75) is 424 Å².